The number of Topliss-reactive ketones (excluding diaryl/α,β-unsaturated/α-hetero) is 1. The zero-order valence-corrected chi connectivity index (χ0v) is 8.91. The lowest BCUT2D eigenvalue weighted by Crippen LogP contribution is -2.15. The smallest absolute Gasteiger partial charge is 0.196 e. The molecule has 0 N–H and O–H groups in total. The van der Waals surface area contributed by atoms with E-state index in [1.165, 1.54) is 0 Å². The molecule has 0 fully saturated rings. The van der Waals surface area contributed by atoms with E-state index in [4.69, 9.17) is 0 Å². The fourth-order valence-electron chi connectivity index (χ4n) is 0.906. The minimum absolute atomic E-state index is 0.237. The maximum Gasteiger partial charge on any atom is 0.196 e. The second-order valence-electron chi connectivity index (χ2n) is 2.64. The van der Waals surface area contributed by atoms with Crippen molar-refractivity contribution in [1.29, 1.82) is 0 Å². The fraction of sp³-hybridized carbons (Fsp3) is 0.111. The predicted molar refractivity (Wildman–Crippen MR) is 50.1 cm³/mol. The van der Waals surface area contributed by atoms with Gasteiger partial charge in [0.25, 0.3) is 0 Å². The monoisotopic (exact) mass is 178 g/mol. The van der Waals surface area contributed by atoms with Crippen molar-refractivity contribution in [1.82, 2.24) is 0 Å². The Kier molecular flexibility index (Phi) is 2.93. The van der Waals surface area contributed by atoms with Gasteiger partial charge in [-0.15, -0.1) is 0 Å². The van der Waals surface area contributed by atoms with Crippen LogP contribution in [-0.2, 0) is 16.0 Å². The Morgan fingerprint density at radius 2 is 1.75 bits per heavy atom. The highest BCUT2D eigenvalue weighted by molar-refractivity contribution is 6.77. The van der Waals surface area contributed by atoms with Crippen LogP contribution in [0.3, 0.4) is 0 Å². The van der Waals surface area contributed by atoms with E-state index in [-0.39, 0.29) is 17.6 Å². The third-order valence-corrected chi connectivity index (χ3v) is 2.16. The molecule has 0 unspecified atom stereocenters. The molecule has 3 heteroatoms. The van der Waals surface area contributed by atoms with Crippen LogP contribution in [-0.4, -0.2) is 21.4 Å². The van der Waals surface area contributed by atoms with Crippen LogP contribution >= 0.6 is 0 Å². The van der Waals surface area contributed by atoms with Gasteiger partial charge in [-0.1, -0.05) is 30.3 Å². The van der Waals surface area contributed by atoms with Gasteiger partial charge in [0.15, 0.2) is 11.2 Å². The summed E-state index contributed by atoms with van der Waals surface area (Å²) in [5.74, 6) is -0.270. The number of carbonyl (C=O) groups is 2. The van der Waals surface area contributed by atoms with Gasteiger partial charge in [-0.2, -0.15) is 0 Å². The van der Waals surface area contributed by atoms with E-state index < -0.39 is 0 Å². The molecule has 1 aromatic carbocycles. The van der Waals surface area contributed by atoms with Crippen LogP contribution in [0.25, 0.3) is 0 Å². The SMILES string of the molecule is O=C([SiH3])C(=O)Cc1ccccc1. The first-order chi connectivity index (χ1) is 5.70. The Morgan fingerprint density at radius 3 is 2.25 bits per heavy atom. The Labute approximate surface area is 74.0 Å². The first-order valence-electron chi connectivity index (χ1n) is 3.78. The van der Waals surface area contributed by atoms with Crippen LogP contribution in [0.2, 0.25) is 0 Å². The van der Waals surface area contributed by atoms with E-state index in [2.05, 4.69) is 0 Å². The number of benzene rings is 1. The van der Waals surface area contributed by atoms with Gasteiger partial charge in [-0.3, -0.25) is 9.59 Å². The molecule has 12 heavy (non-hydrogen) atoms. The van der Waals surface area contributed by atoms with Crippen LogP contribution in [0.1, 0.15) is 5.56 Å². The molecule has 0 spiro atoms. The van der Waals surface area contributed by atoms with Crippen molar-refractivity contribution in [2.24, 2.45) is 0 Å². The molecule has 1 aromatic rings. The number of ketones is 1. The quantitative estimate of drug-likeness (QED) is 0.470. The Balaban J connectivity index is 2.65. The molecule has 0 saturated carbocycles. The molecule has 0 saturated heterocycles. The second-order valence-corrected chi connectivity index (χ2v) is 3.55. The molecule has 0 aromatic heterocycles. The highest BCUT2D eigenvalue weighted by atomic mass is 28.1. The highest BCUT2D eigenvalue weighted by Crippen LogP contribution is 1.99. The average molecular weight is 178 g/mol. The summed E-state index contributed by atoms with van der Waals surface area (Å²) in [5.41, 5.74) is 0.909. The van der Waals surface area contributed by atoms with Crippen molar-refractivity contribution >= 4 is 21.4 Å². The zero-order chi connectivity index (χ0) is 8.97. The van der Waals surface area contributed by atoms with E-state index in [0.717, 1.165) is 5.56 Å². The molecule has 0 aliphatic heterocycles. The van der Waals surface area contributed by atoms with Crippen molar-refractivity contribution < 1.29 is 9.59 Å². The van der Waals surface area contributed by atoms with Gasteiger partial charge in [-0.05, 0) is 5.56 Å². The largest absolute Gasteiger partial charge is 0.298 e. The summed E-state index contributed by atoms with van der Waals surface area (Å²) in [4.78, 5) is 21.7. The van der Waals surface area contributed by atoms with Gasteiger partial charge in [0, 0.05) is 6.42 Å². The van der Waals surface area contributed by atoms with Crippen molar-refractivity contribution in [3.63, 3.8) is 0 Å². The summed E-state index contributed by atoms with van der Waals surface area (Å²) >= 11 is 0. The minimum Gasteiger partial charge on any atom is -0.298 e. The molecule has 0 aliphatic carbocycles. The lowest BCUT2D eigenvalue weighted by molar-refractivity contribution is -0.131. The molecule has 0 heterocycles. The Morgan fingerprint density at radius 1 is 1.17 bits per heavy atom. The Hall–Kier alpha value is -1.22. The number of rotatable bonds is 3. The molecule has 2 nitrogen and oxygen atoms in total. The van der Waals surface area contributed by atoms with Crippen LogP contribution in [0.5, 0.6) is 0 Å². The maximum absolute atomic E-state index is 11.0. The molecule has 0 atom stereocenters. The fourth-order valence-corrected chi connectivity index (χ4v) is 1.08. The first kappa shape index (κ1) is 8.87. The summed E-state index contributed by atoms with van der Waals surface area (Å²) in [6, 6.07) is 9.31. The molecule has 62 valence electrons. The average Bonchev–Trinajstić information content (AvgIpc) is 2.06. The minimum atomic E-state index is -0.270. The normalized spacial score (nSPS) is 9.67. The number of hydrogen-bond acceptors (Lipinski definition) is 2. The summed E-state index contributed by atoms with van der Waals surface area (Å²) < 4.78 is 0. The lowest BCUT2D eigenvalue weighted by Gasteiger charge is -1.96. The third kappa shape index (κ3) is 2.43. The van der Waals surface area contributed by atoms with Crippen molar-refractivity contribution in [2.45, 2.75) is 6.42 Å². The van der Waals surface area contributed by atoms with E-state index in [0.29, 0.717) is 10.2 Å². The van der Waals surface area contributed by atoms with Gasteiger partial charge >= 0.3 is 0 Å². The van der Waals surface area contributed by atoms with Crippen molar-refractivity contribution in [3.8, 4) is 0 Å². The van der Waals surface area contributed by atoms with Gasteiger partial charge < -0.3 is 0 Å². The summed E-state index contributed by atoms with van der Waals surface area (Å²) in [7, 11) is 0.325. The van der Waals surface area contributed by atoms with Crippen LogP contribution in [0, 0.1) is 0 Å². The molecule has 0 aliphatic rings. The molecule has 0 bridgehead atoms. The first-order valence-corrected chi connectivity index (χ1v) is 4.78. The van der Waals surface area contributed by atoms with Crippen LogP contribution in [0.15, 0.2) is 30.3 Å². The second kappa shape index (κ2) is 3.97. The van der Waals surface area contributed by atoms with Gasteiger partial charge in [0.1, 0.15) is 0 Å². The van der Waals surface area contributed by atoms with Gasteiger partial charge in [-0.25, -0.2) is 0 Å². The van der Waals surface area contributed by atoms with Crippen LogP contribution in [0.4, 0.5) is 0 Å². The molecular weight excluding hydrogens is 168 g/mol. The van der Waals surface area contributed by atoms with E-state index in [1.807, 2.05) is 30.3 Å². The van der Waals surface area contributed by atoms with E-state index in [1.54, 1.807) is 0 Å². The van der Waals surface area contributed by atoms with Crippen molar-refractivity contribution in [3.05, 3.63) is 35.9 Å². The predicted octanol–water partition coefficient (Wildman–Crippen LogP) is -0.310. The zero-order valence-electron chi connectivity index (χ0n) is 6.91. The summed E-state index contributed by atoms with van der Waals surface area (Å²) in [6.07, 6.45) is 0.253. The standard InChI is InChI=1S/C9H10O2Si/c10-8(9(11)12)6-7-4-2-1-3-5-7/h1-5H,6H2,12H3. The molecular formula is C9H10O2Si. The topological polar surface area (TPSA) is 34.1 Å². The molecule has 0 amide bonds. The number of carbonyl (C=O) groups excluding carboxylic acids is 2. The Bertz CT molecular complexity index is 293. The van der Waals surface area contributed by atoms with Gasteiger partial charge in [0.2, 0.25) is 0 Å². The summed E-state index contributed by atoms with van der Waals surface area (Å²) in [6.45, 7) is 0. The van der Waals surface area contributed by atoms with E-state index in [9.17, 15) is 9.59 Å². The molecule has 1 rings (SSSR count). The van der Waals surface area contributed by atoms with Crippen molar-refractivity contribution in [2.75, 3.05) is 0 Å². The van der Waals surface area contributed by atoms with Crippen LogP contribution < -0.4 is 0 Å². The van der Waals surface area contributed by atoms with Gasteiger partial charge in [0.05, 0.1) is 10.2 Å². The maximum atomic E-state index is 11.0. The third-order valence-electron chi connectivity index (χ3n) is 1.60. The highest BCUT2D eigenvalue weighted by Gasteiger charge is 2.06. The lowest BCUT2D eigenvalue weighted by atomic mass is 10.1. The molecule has 0 radical (unpaired) electrons. The van der Waals surface area contributed by atoms with E-state index >= 15 is 0 Å². The number of hydrogen-bond donors (Lipinski definition) is 0. The summed E-state index contributed by atoms with van der Waals surface area (Å²) in [5, 5.41) is -0.237.